The van der Waals surface area contributed by atoms with E-state index >= 15 is 0 Å². The van der Waals surface area contributed by atoms with Gasteiger partial charge in [0.2, 0.25) is 5.78 Å². The normalized spacial score (nSPS) is 16.7. The average molecular weight is 760 g/mol. The lowest BCUT2D eigenvalue weighted by Crippen LogP contribution is -2.41. The fourth-order valence-electron chi connectivity index (χ4n) is 6.60. The molecule has 2 unspecified atom stereocenters. The Morgan fingerprint density at radius 2 is 1.82 bits per heavy atom. The number of urea groups is 1. The third kappa shape index (κ3) is 7.24. The van der Waals surface area contributed by atoms with Crippen molar-refractivity contribution in [2.24, 2.45) is 5.92 Å². The van der Waals surface area contributed by atoms with Crippen LogP contribution in [0.3, 0.4) is 0 Å². The monoisotopic (exact) mass is 759 g/mol. The SMILES string of the molecule is Cc1cc(Oc2ccccc2F)ccc1-n1ncc(C(=O)c2cc3cc(OCC(F)F)c(N4C(=O)C5CC(NC(=O)OCC(C)C)CN5C4=O)cc3[nH]2)c1N. The number of hydrogen-bond donors (Lipinski definition) is 3. The first kappa shape index (κ1) is 36.8. The van der Waals surface area contributed by atoms with E-state index in [0.29, 0.717) is 27.9 Å². The number of alkyl halides is 2. The molecule has 2 aromatic heterocycles. The number of amides is 4. The number of rotatable bonds is 12. The number of nitrogens with two attached hydrogens (primary N) is 1. The Balaban J connectivity index is 1.13. The van der Waals surface area contributed by atoms with Crippen molar-refractivity contribution >= 4 is 46.2 Å². The number of nitrogens with one attached hydrogen (secondary N) is 2. The molecule has 0 spiro atoms. The van der Waals surface area contributed by atoms with Crippen molar-refractivity contribution in [3.05, 3.63) is 89.5 Å². The highest BCUT2D eigenvalue weighted by molar-refractivity contribution is 6.23. The summed E-state index contributed by atoms with van der Waals surface area (Å²) in [6.07, 6.45) is -2.10. The summed E-state index contributed by atoms with van der Waals surface area (Å²) in [4.78, 5) is 58.5. The molecule has 2 aliphatic rings. The maximum Gasteiger partial charge on any atom is 0.407 e. The van der Waals surface area contributed by atoms with Gasteiger partial charge in [0.25, 0.3) is 12.3 Å². The Labute approximate surface area is 311 Å². The number of halogens is 3. The average Bonchev–Trinajstić information content (AvgIpc) is 3.90. The largest absolute Gasteiger partial charge is 0.485 e. The minimum absolute atomic E-state index is 0.0194. The van der Waals surface area contributed by atoms with Gasteiger partial charge in [-0.15, -0.1) is 0 Å². The maximum atomic E-state index is 14.1. The van der Waals surface area contributed by atoms with Crippen LogP contribution in [0, 0.1) is 18.7 Å². The summed E-state index contributed by atoms with van der Waals surface area (Å²) in [6.45, 7) is 4.76. The van der Waals surface area contributed by atoms with E-state index in [0.717, 1.165) is 4.90 Å². The molecule has 0 bridgehead atoms. The number of carbonyl (C=O) groups excluding carboxylic acids is 4. The first-order valence-corrected chi connectivity index (χ1v) is 17.4. The molecule has 2 saturated heterocycles. The van der Waals surface area contributed by atoms with Crippen LogP contribution in [-0.2, 0) is 9.53 Å². The molecule has 5 aromatic rings. The van der Waals surface area contributed by atoms with Gasteiger partial charge in [-0.1, -0.05) is 26.0 Å². The van der Waals surface area contributed by atoms with Crippen LogP contribution in [-0.4, -0.2) is 81.7 Å². The second-order valence-electron chi connectivity index (χ2n) is 13.7. The molecule has 2 atom stereocenters. The number of hydrogen-bond acceptors (Lipinski definition) is 9. The Morgan fingerprint density at radius 1 is 1.04 bits per heavy atom. The highest BCUT2D eigenvalue weighted by Crippen LogP contribution is 2.40. The second-order valence-corrected chi connectivity index (χ2v) is 13.7. The minimum atomic E-state index is -2.86. The zero-order chi connectivity index (χ0) is 39.1. The molecule has 7 rings (SSSR count). The van der Waals surface area contributed by atoms with E-state index in [9.17, 15) is 32.3 Å². The van der Waals surface area contributed by atoms with Crippen LogP contribution in [0.25, 0.3) is 16.6 Å². The summed E-state index contributed by atoms with van der Waals surface area (Å²) in [5.41, 5.74) is 7.95. The first-order chi connectivity index (χ1) is 26.3. The zero-order valence-corrected chi connectivity index (χ0v) is 29.8. The Morgan fingerprint density at radius 3 is 2.53 bits per heavy atom. The van der Waals surface area contributed by atoms with E-state index in [2.05, 4.69) is 15.4 Å². The smallest absolute Gasteiger partial charge is 0.407 e. The molecule has 14 nitrogen and oxygen atoms in total. The standard InChI is InChI=1S/C38H36F3N7O7/c1-19(2)17-54-37(51)44-22-13-30-36(50)47(38(52)46(30)16-22)29-14-26-21(12-32(29)53-18-33(40)41)11-27(45-26)34(49)24-15-43-48(35(24)42)28-9-8-23(10-20(28)3)55-31-7-5-4-6-25(31)39/h4-12,14-15,19,22,30,33,45H,13,16-18,42H2,1-3H3,(H,44,51). The molecule has 286 valence electrons. The van der Waals surface area contributed by atoms with Crippen molar-refractivity contribution in [2.45, 2.75) is 45.7 Å². The number of carbonyl (C=O) groups is 4. The van der Waals surface area contributed by atoms with Gasteiger partial charge in [-0.3, -0.25) is 9.59 Å². The van der Waals surface area contributed by atoms with Crippen LogP contribution in [0.4, 0.5) is 34.3 Å². The Hall–Kier alpha value is -6.52. The van der Waals surface area contributed by atoms with E-state index in [4.69, 9.17) is 19.9 Å². The molecule has 55 heavy (non-hydrogen) atoms. The molecule has 3 aromatic carbocycles. The predicted molar refractivity (Wildman–Crippen MR) is 194 cm³/mol. The van der Waals surface area contributed by atoms with Gasteiger partial charge < -0.3 is 35.1 Å². The summed E-state index contributed by atoms with van der Waals surface area (Å²) in [5.74, 6) is -1.30. The van der Waals surface area contributed by atoms with Gasteiger partial charge in [-0.25, -0.2) is 32.3 Å². The van der Waals surface area contributed by atoms with Gasteiger partial charge in [-0.05, 0) is 73.4 Å². The van der Waals surface area contributed by atoms with E-state index in [1.165, 1.54) is 46.1 Å². The molecular formula is C38H36F3N7O7. The van der Waals surface area contributed by atoms with Gasteiger partial charge in [0.1, 0.15) is 30.0 Å². The van der Waals surface area contributed by atoms with Crippen LogP contribution in [0.5, 0.6) is 17.2 Å². The number of alkyl carbamates (subject to hydrolysis) is 1. The summed E-state index contributed by atoms with van der Waals surface area (Å²) in [6, 6.07) is 13.0. The number of ketones is 1. The second kappa shape index (κ2) is 14.7. The lowest BCUT2D eigenvalue weighted by atomic mass is 10.1. The number of anilines is 2. The van der Waals surface area contributed by atoms with Crippen molar-refractivity contribution < 1.29 is 46.6 Å². The van der Waals surface area contributed by atoms with Crippen molar-refractivity contribution in [3.8, 4) is 22.9 Å². The third-order valence-electron chi connectivity index (χ3n) is 9.18. The number of aromatic amines is 1. The van der Waals surface area contributed by atoms with Crippen LogP contribution in [0.1, 0.15) is 41.9 Å². The Bertz CT molecular complexity index is 2300. The molecule has 2 fully saturated rings. The predicted octanol–water partition coefficient (Wildman–Crippen LogP) is 6.34. The van der Waals surface area contributed by atoms with Crippen molar-refractivity contribution in [1.82, 2.24) is 25.0 Å². The van der Waals surface area contributed by atoms with Gasteiger partial charge >= 0.3 is 12.1 Å². The van der Waals surface area contributed by atoms with Crippen LogP contribution >= 0.6 is 0 Å². The molecular weight excluding hydrogens is 723 g/mol. The fourth-order valence-corrected chi connectivity index (χ4v) is 6.60. The summed E-state index contributed by atoms with van der Waals surface area (Å²) in [7, 11) is 0. The quantitative estimate of drug-likeness (QED) is 0.0969. The van der Waals surface area contributed by atoms with Gasteiger partial charge in [-0.2, -0.15) is 5.10 Å². The molecule has 0 aliphatic carbocycles. The highest BCUT2D eigenvalue weighted by atomic mass is 19.3. The number of H-pyrrole nitrogens is 1. The topological polar surface area (TPSA) is 174 Å². The molecule has 0 saturated carbocycles. The number of aromatic nitrogens is 3. The Kier molecular flexibility index (Phi) is 9.85. The maximum absolute atomic E-state index is 14.1. The molecule has 17 heteroatoms. The van der Waals surface area contributed by atoms with Crippen LogP contribution < -0.4 is 25.4 Å². The van der Waals surface area contributed by atoms with E-state index < -0.39 is 54.7 Å². The van der Waals surface area contributed by atoms with Crippen molar-refractivity contribution in [1.29, 1.82) is 0 Å². The number of fused-ring (bicyclic) bond motifs is 2. The number of imide groups is 1. The number of nitrogen functional groups attached to an aromatic ring is 1. The van der Waals surface area contributed by atoms with Gasteiger partial charge in [0.15, 0.2) is 11.6 Å². The minimum Gasteiger partial charge on any atom is -0.485 e. The molecule has 0 radical (unpaired) electrons. The summed E-state index contributed by atoms with van der Waals surface area (Å²) >= 11 is 0. The zero-order valence-electron chi connectivity index (χ0n) is 29.8. The lowest BCUT2D eigenvalue weighted by Gasteiger charge is -2.21. The van der Waals surface area contributed by atoms with Gasteiger partial charge in [0.05, 0.1) is 41.5 Å². The number of nitrogens with zero attached hydrogens (tertiary/aromatic N) is 4. The van der Waals surface area contributed by atoms with Crippen molar-refractivity contribution in [3.63, 3.8) is 0 Å². The number of aryl methyl sites for hydroxylation is 1. The van der Waals surface area contributed by atoms with E-state index in [1.807, 2.05) is 13.8 Å². The summed E-state index contributed by atoms with van der Waals surface area (Å²) in [5, 5.41) is 7.38. The molecule has 4 amide bonds. The van der Waals surface area contributed by atoms with E-state index in [1.54, 1.807) is 37.3 Å². The molecule has 4 heterocycles. The molecule has 2 aliphatic heterocycles. The fraction of sp³-hybridized carbons (Fsp3) is 0.289. The lowest BCUT2D eigenvalue weighted by molar-refractivity contribution is -0.119. The highest BCUT2D eigenvalue weighted by Gasteiger charge is 2.52. The van der Waals surface area contributed by atoms with E-state index in [-0.39, 0.29) is 59.8 Å². The van der Waals surface area contributed by atoms with Crippen LogP contribution in [0.2, 0.25) is 0 Å². The van der Waals surface area contributed by atoms with Gasteiger partial charge in [0, 0.05) is 17.4 Å². The third-order valence-corrected chi connectivity index (χ3v) is 9.18. The molecule has 4 N–H and O–H groups in total. The first-order valence-electron chi connectivity index (χ1n) is 17.4. The number of para-hydroxylation sites is 1. The van der Waals surface area contributed by atoms with Crippen molar-refractivity contribution in [2.75, 3.05) is 30.4 Å². The van der Waals surface area contributed by atoms with Crippen LogP contribution in [0.15, 0.2) is 66.9 Å². The number of benzene rings is 3. The summed E-state index contributed by atoms with van der Waals surface area (Å²) < 4.78 is 58.4. The number of ether oxygens (including phenoxy) is 3.